The highest BCUT2D eigenvalue weighted by atomic mass is 35.5. The SMILES string of the molecule is COc1ccc(C(=O)C2CCN(c3cnn(-c4ccc(C)c(Cl)c4)c(=O)c3Cl)CC2)cc1. The second-order valence-corrected chi connectivity index (χ2v) is 8.63. The van der Waals surface area contributed by atoms with Gasteiger partial charge in [-0.2, -0.15) is 9.78 Å². The fourth-order valence-electron chi connectivity index (χ4n) is 3.92. The van der Waals surface area contributed by atoms with E-state index in [0.717, 1.165) is 11.3 Å². The summed E-state index contributed by atoms with van der Waals surface area (Å²) in [4.78, 5) is 27.7. The van der Waals surface area contributed by atoms with Crippen LogP contribution < -0.4 is 15.2 Å². The van der Waals surface area contributed by atoms with Crippen LogP contribution in [0.5, 0.6) is 5.75 Å². The summed E-state index contributed by atoms with van der Waals surface area (Å²) in [5.41, 5.74) is 2.34. The average Bonchev–Trinajstić information content (AvgIpc) is 2.82. The molecule has 3 aromatic rings. The van der Waals surface area contributed by atoms with Gasteiger partial charge in [0.05, 0.1) is 24.7 Å². The van der Waals surface area contributed by atoms with Crippen molar-refractivity contribution in [3.05, 3.63) is 80.2 Å². The Bertz CT molecular complexity index is 1200. The predicted octanol–water partition coefficient (Wildman–Crippen LogP) is 4.96. The van der Waals surface area contributed by atoms with Gasteiger partial charge < -0.3 is 9.64 Å². The van der Waals surface area contributed by atoms with Crippen LogP contribution in [-0.2, 0) is 0 Å². The highest BCUT2D eigenvalue weighted by Gasteiger charge is 2.27. The molecule has 0 N–H and O–H groups in total. The van der Waals surface area contributed by atoms with Crippen molar-refractivity contribution in [3.8, 4) is 11.4 Å². The summed E-state index contributed by atoms with van der Waals surface area (Å²) >= 11 is 12.6. The Balaban J connectivity index is 1.48. The number of piperidine rings is 1. The highest BCUT2D eigenvalue weighted by molar-refractivity contribution is 6.33. The average molecular weight is 472 g/mol. The van der Waals surface area contributed by atoms with E-state index in [-0.39, 0.29) is 16.7 Å². The molecule has 1 saturated heterocycles. The number of hydrogen-bond donors (Lipinski definition) is 0. The number of rotatable bonds is 5. The summed E-state index contributed by atoms with van der Waals surface area (Å²) in [5.74, 6) is 0.783. The van der Waals surface area contributed by atoms with Gasteiger partial charge >= 0.3 is 0 Å². The van der Waals surface area contributed by atoms with E-state index in [1.165, 1.54) is 4.68 Å². The van der Waals surface area contributed by atoms with Gasteiger partial charge in [0.25, 0.3) is 5.56 Å². The summed E-state index contributed by atoms with van der Waals surface area (Å²) in [6.07, 6.45) is 2.96. The molecule has 166 valence electrons. The molecule has 1 aromatic heterocycles. The molecule has 4 rings (SSSR count). The van der Waals surface area contributed by atoms with E-state index in [1.54, 1.807) is 49.7 Å². The number of methoxy groups -OCH3 is 1. The molecule has 1 aliphatic heterocycles. The van der Waals surface area contributed by atoms with Crippen molar-refractivity contribution in [2.24, 2.45) is 5.92 Å². The van der Waals surface area contributed by atoms with Crippen LogP contribution in [0, 0.1) is 12.8 Å². The lowest BCUT2D eigenvalue weighted by Gasteiger charge is -2.33. The fourth-order valence-corrected chi connectivity index (χ4v) is 4.34. The zero-order valence-electron chi connectivity index (χ0n) is 17.8. The van der Waals surface area contributed by atoms with E-state index >= 15 is 0 Å². The largest absolute Gasteiger partial charge is 0.497 e. The molecule has 2 heterocycles. The van der Waals surface area contributed by atoms with E-state index in [9.17, 15) is 9.59 Å². The van der Waals surface area contributed by atoms with E-state index in [1.807, 2.05) is 17.9 Å². The third-order valence-electron chi connectivity index (χ3n) is 5.88. The van der Waals surface area contributed by atoms with Gasteiger partial charge in [0.2, 0.25) is 0 Å². The fraction of sp³-hybridized carbons (Fsp3) is 0.292. The van der Waals surface area contributed by atoms with Crippen LogP contribution in [-0.4, -0.2) is 35.8 Å². The van der Waals surface area contributed by atoms with Gasteiger partial charge in [-0.05, 0) is 61.7 Å². The molecule has 32 heavy (non-hydrogen) atoms. The topological polar surface area (TPSA) is 64.4 Å². The number of halogens is 2. The molecule has 1 aliphatic rings. The quantitative estimate of drug-likeness (QED) is 0.492. The molecule has 0 unspecified atom stereocenters. The molecule has 1 fully saturated rings. The minimum absolute atomic E-state index is 0.0681. The van der Waals surface area contributed by atoms with Crippen molar-refractivity contribution in [1.82, 2.24) is 9.78 Å². The number of hydrogen-bond acceptors (Lipinski definition) is 5. The van der Waals surface area contributed by atoms with Crippen LogP contribution >= 0.6 is 23.2 Å². The Morgan fingerprint density at radius 3 is 2.41 bits per heavy atom. The number of Topliss-reactive ketones (excluding diaryl/α,β-unsaturated/α-hetero) is 1. The summed E-state index contributed by atoms with van der Waals surface area (Å²) in [6.45, 7) is 3.13. The van der Waals surface area contributed by atoms with Crippen LogP contribution in [0.25, 0.3) is 5.69 Å². The zero-order valence-corrected chi connectivity index (χ0v) is 19.4. The Hall–Kier alpha value is -2.83. The number of ketones is 1. The standard InChI is InChI=1S/C24H23Cl2N3O3/c1-15-3-6-18(13-20(15)25)29-24(31)22(26)21(14-27-29)28-11-9-17(10-12-28)23(30)16-4-7-19(32-2)8-5-16/h3-8,13-14,17H,9-12H2,1-2H3. The van der Waals surface area contributed by atoms with Gasteiger partial charge in [0.1, 0.15) is 10.8 Å². The van der Waals surface area contributed by atoms with Crippen molar-refractivity contribution < 1.29 is 9.53 Å². The van der Waals surface area contributed by atoms with Gasteiger partial charge in [-0.1, -0.05) is 29.3 Å². The number of aromatic nitrogens is 2. The lowest BCUT2D eigenvalue weighted by molar-refractivity contribution is 0.0900. The first-order valence-electron chi connectivity index (χ1n) is 10.4. The minimum atomic E-state index is -0.402. The molecular weight excluding hydrogens is 449 g/mol. The maximum Gasteiger partial charge on any atom is 0.292 e. The van der Waals surface area contributed by atoms with Gasteiger partial charge in [0, 0.05) is 29.6 Å². The third-order valence-corrected chi connectivity index (χ3v) is 6.64. The van der Waals surface area contributed by atoms with Crippen LogP contribution in [0.3, 0.4) is 0 Å². The van der Waals surface area contributed by atoms with Gasteiger partial charge in [-0.3, -0.25) is 9.59 Å². The van der Waals surface area contributed by atoms with Crippen LogP contribution in [0.15, 0.2) is 53.5 Å². The lowest BCUT2D eigenvalue weighted by atomic mass is 9.88. The smallest absolute Gasteiger partial charge is 0.292 e. The lowest BCUT2D eigenvalue weighted by Crippen LogP contribution is -2.38. The van der Waals surface area contributed by atoms with Crippen molar-refractivity contribution in [2.75, 3.05) is 25.1 Å². The van der Waals surface area contributed by atoms with Crippen molar-refractivity contribution in [2.45, 2.75) is 19.8 Å². The maximum atomic E-state index is 12.9. The van der Waals surface area contributed by atoms with Gasteiger partial charge in [-0.15, -0.1) is 0 Å². The van der Waals surface area contributed by atoms with Crippen molar-refractivity contribution >= 4 is 34.7 Å². The second-order valence-electron chi connectivity index (χ2n) is 7.85. The monoisotopic (exact) mass is 471 g/mol. The Morgan fingerprint density at radius 1 is 1.09 bits per heavy atom. The Labute approximate surface area is 196 Å². The minimum Gasteiger partial charge on any atom is -0.497 e. The van der Waals surface area contributed by atoms with Crippen molar-refractivity contribution in [3.63, 3.8) is 0 Å². The second kappa shape index (κ2) is 9.35. The molecule has 6 nitrogen and oxygen atoms in total. The molecule has 0 bridgehead atoms. The highest BCUT2D eigenvalue weighted by Crippen LogP contribution is 2.29. The molecule has 8 heteroatoms. The van der Waals surface area contributed by atoms with E-state index in [2.05, 4.69) is 5.10 Å². The normalized spacial score (nSPS) is 14.4. The van der Waals surface area contributed by atoms with Crippen LogP contribution in [0.4, 0.5) is 5.69 Å². The zero-order chi connectivity index (χ0) is 22.8. The molecule has 2 aromatic carbocycles. The third kappa shape index (κ3) is 4.38. The number of carbonyl (C=O) groups excluding carboxylic acids is 1. The maximum absolute atomic E-state index is 12.9. The number of ether oxygens (including phenoxy) is 1. The predicted molar refractivity (Wildman–Crippen MR) is 127 cm³/mol. The van der Waals surface area contributed by atoms with Crippen LogP contribution in [0.2, 0.25) is 10.0 Å². The Morgan fingerprint density at radius 2 is 1.78 bits per heavy atom. The number of benzene rings is 2. The first kappa shape index (κ1) is 22.4. The number of aryl methyl sites for hydroxylation is 1. The molecule has 0 atom stereocenters. The number of carbonyl (C=O) groups is 1. The van der Waals surface area contributed by atoms with Crippen molar-refractivity contribution in [1.29, 1.82) is 0 Å². The molecule has 0 amide bonds. The number of nitrogens with zero attached hydrogens (tertiary/aromatic N) is 3. The van der Waals surface area contributed by atoms with E-state index < -0.39 is 5.56 Å². The van der Waals surface area contributed by atoms with Crippen LogP contribution in [0.1, 0.15) is 28.8 Å². The van der Waals surface area contributed by atoms with Gasteiger partial charge in [0.15, 0.2) is 5.78 Å². The summed E-state index contributed by atoms with van der Waals surface area (Å²) in [6, 6.07) is 12.5. The summed E-state index contributed by atoms with van der Waals surface area (Å²) in [7, 11) is 1.60. The molecule has 0 radical (unpaired) electrons. The Kier molecular flexibility index (Phi) is 6.53. The number of anilines is 1. The van der Waals surface area contributed by atoms with E-state index in [4.69, 9.17) is 27.9 Å². The summed E-state index contributed by atoms with van der Waals surface area (Å²) < 4.78 is 6.40. The molecule has 0 saturated carbocycles. The van der Waals surface area contributed by atoms with Gasteiger partial charge in [-0.25, -0.2) is 0 Å². The summed E-state index contributed by atoms with van der Waals surface area (Å²) in [5, 5.41) is 4.98. The van der Waals surface area contributed by atoms with E-state index in [0.29, 0.717) is 47.9 Å². The first-order valence-corrected chi connectivity index (χ1v) is 11.1. The molecular formula is C24H23Cl2N3O3. The first-order chi connectivity index (χ1) is 15.4. The molecule has 0 spiro atoms. The molecule has 0 aliphatic carbocycles.